The molecular formula is C9H18NO3S+. The molecule has 0 amide bonds. The average molecular weight is 220 g/mol. The highest BCUT2D eigenvalue weighted by Gasteiger charge is 2.42. The van der Waals surface area contributed by atoms with Gasteiger partial charge in [0.15, 0.2) is 16.0 Å². The first-order chi connectivity index (χ1) is 6.42. The highest BCUT2D eigenvalue weighted by molar-refractivity contribution is 7.80. The first kappa shape index (κ1) is 11.8. The molecule has 1 fully saturated rings. The third kappa shape index (κ3) is 2.42. The van der Waals surface area contributed by atoms with Crippen LogP contribution >= 0.6 is 0 Å². The SMILES string of the molecule is C=CC[N+]1(C)CCC(O)(S(=O)O)CC1. The Kier molecular flexibility index (Phi) is 3.47. The van der Waals surface area contributed by atoms with Crippen LogP contribution in [0.4, 0.5) is 0 Å². The van der Waals surface area contributed by atoms with Gasteiger partial charge in [-0.1, -0.05) is 6.58 Å². The normalized spacial score (nSPS) is 40.5. The molecule has 0 aromatic heterocycles. The topological polar surface area (TPSA) is 57.5 Å². The molecule has 0 aromatic carbocycles. The van der Waals surface area contributed by atoms with Gasteiger partial charge in [-0.2, -0.15) is 0 Å². The summed E-state index contributed by atoms with van der Waals surface area (Å²) in [5, 5.41) is 9.76. The van der Waals surface area contributed by atoms with E-state index in [1.807, 2.05) is 6.08 Å². The Morgan fingerprint density at radius 3 is 2.43 bits per heavy atom. The summed E-state index contributed by atoms with van der Waals surface area (Å²) in [6.45, 7) is 5.96. The number of rotatable bonds is 3. The third-order valence-electron chi connectivity index (χ3n) is 2.98. The van der Waals surface area contributed by atoms with Gasteiger partial charge in [-0.15, -0.1) is 0 Å². The van der Waals surface area contributed by atoms with E-state index in [0.717, 1.165) is 24.1 Å². The summed E-state index contributed by atoms with van der Waals surface area (Å²) in [6, 6.07) is 0. The molecule has 0 radical (unpaired) electrons. The molecule has 5 heteroatoms. The van der Waals surface area contributed by atoms with E-state index in [4.69, 9.17) is 4.55 Å². The highest BCUT2D eigenvalue weighted by Crippen LogP contribution is 2.27. The molecule has 0 saturated carbocycles. The van der Waals surface area contributed by atoms with Crippen LogP contribution in [-0.4, -0.2) is 50.0 Å². The molecule has 1 rings (SSSR count). The summed E-state index contributed by atoms with van der Waals surface area (Å²) in [4.78, 5) is -1.39. The number of aliphatic hydroxyl groups is 1. The lowest BCUT2D eigenvalue weighted by atomic mass is 10.1. The number of likely N-dealkylation sites (N-methyl/N-ethyl adjacent to an activating group) is 1. The van der Waals surface area contributed by atoms with Gasteiger partial charge in [0.2, 0.25) is 0 Å². The summed E-state index contributed by atoms with van der Waals surface area (Å²) in [7, 11) is 2.07. The molecule has 82 valence electrons. The number of quaternary nitrogens is 1. The second-order valence-corrected chi connectivity index (χ2v) is 5.49. The van der Waals surface area contributed by atoms with Crippen LogP contribution < -0.4 is 0 Å². The Bertz CT molecular complexity index is 246. The van der Waals surface area contributed by atoms with Gasteiger partial charge in [0.05, 0.1) is 26.7 Å². The summed E-state index contributed by atoms with van der Waals surface area (Å²) < 4.78 is 20.6. The lowest BCUT2D eigenvalue weighted by Gasteiger charge is -2.42. The van der Waals surface area contributed by atoms with Crippen molar-refractivity contribution < 1.29 is 18.4 Å². The predicted octanol–water partition coefficient (Wildman–Crippen LogP) is 0.323. The number of nitrogens with zero attached hydrogens (tertiary/aromatic N) is 1. The van der Waals surface area contributed by atoms with Gasteiger partial charge >= 0.3 is 0 Å². The maximum Gasteiger partial charge on any atom is 0.186 e. The largest absolute Gasteiger partial charge is 0.374 e. The number of piperidine rings is 1. The molecule has 0 aromatic rings. The van der Waals surface area contributed by atoms with Gasteiger partial charge in [0.25, 0.3) is 0 Å². The van der Waals surface area contributed by atoms with Crippen molar-refractivity contribution in [3.63, 3.8) is 0 Å². The zero-order valence-electron chi connectivity index (χ0n) is 8.48. The van der Waals surface area contributed by atoms with Crippen molar-refractivity contribution in [2.75, 3.05) is 26.7 Å². The second kappa shape index (κ2) is 4.10. The maximum atomic E-state index is 10.9. The minimum Gasteiger partial charge on any atom is -0.374 e. The zero-order chi connectivity index (χ0) is 10.8. The Morgan fingerprint density at radius 2 is 2.07 bits per heavy atom. The Morgan fingerprint density at radius 1 is 1.57 bits per heavy atom. The van der Waals surface area contributed by atoms with Crippen molar-refractivity contribution in [3.05, 3.63) is 12.7 Å². The molecule has 14 heavy (non-hydrogen) atoms. The maximum absolute atomic E-state index is 10.9. The summed E-state index contributed by atoms with van der Waals surface area (Å²) in [6.07, 6.45) is 2.60. The minimum atomic E-state index is -2.14. The molecule has 1 saturated heterocycles. The fourth-order valence-electron chi connectivity index (χ4n) is 1.79. The van der Waals surface area contributed by atoms with E-state index < -0.39 is 16.0 Å². The first-order valence-electron chi connectivity index (χ1n) is 4.70. The van der Waals surface area contributed by atoms with Crippen molar-refractivity contribution in [2.24, 2.45) is 0 Å². The van der Waals surface area contributed by atoms with Gasteiger partial charge < -0.3 is 14.1 Å². The highest BCUT2D eigenvalue weighted by atomic mass is 32.2. The predicted molar refractivity (Wildman–Crippen MR) is 55.9 cm³/mol. The van der Waals surface area contributed by atoms with E-state index in [9.17, 15) is 9.32 Å². The van der Waals surface area contributed by atoms with Crippen LogP contribution in [0.25, 0.3) is 0 Å². The molecule has 1 atom stereocenters. The molecule has 1 aliphatic rings. The first-order valence-corrected chi connectivity index (χ1v) is 5.80. The molecule has 4 nitrogen and oxygen atoms in total. The standard InChI is InChI=1S/C9H17NO3S/c1-3-6-10(2)7-4-9(11,5-8-10)14(12)13/h3,11H,1,4-8H2,2H3/p+1. The lowest BCUT2D eigenvalue weighted by Crippen LogP contribution is -2.56. The Hall–Kier alpha value is -0.230. The Labute approximate surface area is 87.1 Å². The molecule has 2 N–H and O–H groups in total. The number of hydrogen-bond acceptors (Lipinski definition) is 2. The minimum absolute atomic E-state index is 0.375. The van der Waals surface area contributed by atoms with Crippen molar-refractivity contribution in [2.45, 2.75) is 17.8 Å². The van der Waals surface area contributed by atoms with Gasteiger partial charge in [-0.05, 0) is 6.08 Å². The molecule has 0 spiro atoms. The van der Waals surface area contributed by atoms with Gasteiger partial charge in [0.1, 0.15) is 0 Å². The lowest BCUT2D eigenvalue weighted by molar-refractivity contribution is -0.910. The van der Waals surface area contributed by atoms with Crippen LogP contribution in [0.2, 0.25) is 0 Å². The molecule has 0 bridgehead atoms. The fourth-order valence-corrected chi connectivity index (χ4v) is 2.33. The average Bonchev–Trinajstić information content (AvgIpc) is 2.11. The van der Waals surface area contributed by atoms with Crippen LogP contribution in [0, 0.1) is 0 Å². The quantitative estimate of drug-likeness (QED) is 0.409. The fraction of sp³-hybridized carbons (Fsp3) is 0.778. The van der Waals surface area contributed by atoms with E-state index in [1.54, 1.807) is 0 Å². The van der Waals surface area contributed by atoms with Crippen LogP contribution in [0.15, 0.2) is 12.7 Å². The van der Waals surface area contributed by atoms with Crippen LogP contribution in [-0.2, 0) is 11.1 Å². The van der Waals surface area contributed by atoms with Crippen molar-refractivity contribution in [1.82, 2.24) is 0 Å². The van der Waals surface area contributed by atoms with Crippen molar-refractivity contribution in [3.8, 4) is 0 Å². The van der Waals surface area contributed by atoms with Gasteiger partial charge in [-0.25, -0.2) is 4.21 Å². The van der Waals surface area contributed by atoms with E-state index >= 15 is 0 Å². The molecular weight excluding hydrogens is 202 g/mol. The molecule has 1 aliphatic heterocycles. The van der Waals surface area contributed by atoms with E-state index in [1.165, 1.54) is 0 Å². The third-order valence-corrected chi connectivity index (χ3v) is 4.04. The van der Waals surface area contributed by atoms with E-state index in [0.29, 0.717) is 12.8 Å². The van der Waals surface area contributed by atoms with Crippen molar-refractivity contribution in [1.29, 1.82) is 0 Å². The van der Waals surface area contributed by atoms with Crippen molar-refractivity contribution >= 4 is 11.1 Å². The zero-order valence-corrected chi connectivity index (χ0v) is 9.29. The summed E-state index contributed by atoms with van der Waals surface area (Å²) in [5.74, 6) is 0. The number of likely N-dealkylation sites (tertiary alicyclic amines) is 1. The van der Waals surface area contributed by atoms with Gasteiger partial charge in [0, 0.05) is 12.8 Å². The Balaban J connectivity index is 2.61. The van der Waals surface area contributed by atoms with E-state index in [-0.39, 0.29) is 0 Å². The van der Waals surface area contributed by atoms with Crippen LogP contribution in [0.5, 0.6) is 0 Å². The molecule has 1 unspecified atom stereocenters. The summed E-state index contributed by atoms with van der Waals surface area (Å²) >= 11 is -2.14. The monoisotopic (exact) mass is 220 g/mol. The smallest absolute Gasteiger partial charge is 0.186 e. The van der Waals surface area contributed by atoms with Crippen LogP contribution in [0.1, 0.15) is 12.8 Å². The number of hydrogen-bond donors (Lipinski definition) is 2. The molecule has 1 heterocycles. The van der Waals surface area contributed by atoms with Crippen LogP contribution in [0.3, 0.4) is 0 Å². The summed E-state index contributed by atoms with van der Waals surface area (Å²) in [5.41, 5.74) is 0. The molecule has 0 aliphatic carbocycles. The van der Waals surface area contributed by atoms with E-state index in [2.05, 4.69) is 13.6 Å². The van der Waals surface area contributed by atoms with Gasteiger partial charge in [-0.3, -0.25) is 0 Å². The second-order valence-electron chi connectivity index (χ2n) is 4.23.